The van der Waals surface area contributed by atoms with E-state index in [9.17, 15) is 0 Å². The minimum absolute atomic E-state index is 0.696. The van der Waals surface area contributed by atoms with Crippen LogP contribution in [0, 0.1) is 0 Å². The van der Waals surface area contributed by atoms with Gasteiger partial charge in [0, 0.05) is 41.5 Å². The first-order chi connectivity index (χ1) is 21.8. The number of rotatable bonds is 5. The van der Waals surface area contributed by atoms with Gasteiger partial charge in [-0.3, -0.25) is 9.97 Å². The molecule has 0 bridgehead atoms. The van der Waals surface area contributed by atoms with Crippen LogP contribution in [0.25, 0.3) is 77.7 Å². The summed E-state index contributed by atoms with van der Waals surface area (Å²) in [5.41, 5.74) is 9.27. The second-order valence-electron chi connectivity index (χ2n) is 10.8. The first-order valence-corrected chi connectivity index (χ1v) is 14.6. The number of hydrogen-bond donors (Lipinski definition) is 0. The molecule has 0 amide bonds. The van der Waals surface area contributed by atoms with Crippen LogP contribution < -0.4 is 0 Å². The van der Waals surface area contributed by atoms with Crippen molar-refractivity contribution in [2.24, 2.45) is 0 Å². The summed E-state index contributed by atoms with van der Waals surface area (Å²) < 4.78 is 0. The molecular weight excluding hydrogens is 536 g/mol. The molecule has 44 heavy (non-hydrogen) atoms. The highest BCUT2D eigenvalue weighted by Gasteiger charge is 2.13. The average Bonchev–Trinajstić information content (AvgIpc) is 3.12. The van der Waals surface area contributed by atoms with Crippen LogP contribution in [0.2, 0.25) is 0 Å². The van der Waals surface area contributed by atoms with Crippen molar-refractivity contribution in [3.05, 3.63) is 158 Å². The van der Waals surface area contributed by atoms with Crippen molar-refractivity contribution in [2.75, 3.05) is 0 Å². The Morgan fingerprint density at radius 2 is 0.932 bits per heavy atom. The van der Waals surface area contributed by atoms with Crippen LogP contribution in [0.4, 0.5) is 0 Å². The van der Waals surface area contributed by atoms with E-state index in [1.807, 2.05) is 36.8 Å². The first-order valence-electron chi connectivity index (χ1n) is 14.6. The summed E-state index contributed by atoms with van der Waals surface area (Å²) in [5, 5.41) is 4.87. The minimum Gasteiger partial charge on any atom is -0.265 e. The second-order valence-corrected chi connectivity index (χ2v) is 10.8. The molecule has 3 aromatic heterocycles. The van der Waals surface area contributed by atoms with E-state index in [2.05, 4.69) is 125 Å². The molecule has 0 saturated carbocycles. The molecule has 0 aliphatic carbocycles. The van der Waals surface area contributed by atoms with Gasteiger partial charge in [-0.2, -0.15) is 0 Å². The molecule has 0 aliphatic heterocycles. The Bertz CT molecular complexity index is 2140. The highest BCUT2D eigenvalue weighted by atomic mass is 14.9. The van der Waals surface area contributed by atoms with Gasteiger partial charge in [-0.25, -0.2) is 9.97 Å². The van der Waals surface area contributed by atoms with Gasteiger partial charge in [-0.05, 0) is 74.1 Å². The number of aromatic nitrogens is 4. The summed E-state index contributed by atoms with van der Waals surface area (Å²) in [6, 6.07) is 46.6. The third-order valence-electron chi connectivity index (χ3n) is 8.10. The topological polar surface area (TPSA) is 51.6 Å². The lowest BCUT2D eigenvalue weighted by atomic mass is 9.99. The van der Waals surface area contributed by atoms with E-state index in [-0.39, 0.29) is 0 Å². The molecule has 0 aliphatic rings. The Morgan fingerprint density at radius 1 is 0.341 bits per heavy atom. The maximum absolute atomic E-state index is 5.11. The van der Waals surface area contributed by atoms with Crippen LogP contribution >= 0.6 is 0 Å². The Morgan fingerprint density at radius 3 is 1.64 bits per heavy atom. The maximum Gasteiger partial charge on any atom is 0.160 e. The molecule has 4 nitrogen and oxygen atoms in total. The summed E-state index contributed by atoms with van der Waals surface area (Å²) in [7, 11) is 0. The standard InChI is InChI=1S/C40H26N4/c1-2-6-36-30(4-1)11-16-33-24-34(17-18-37(33)36)40-43-38(31-12-7-27(8-13-31)29-19-22-41-23-20-29)25-39(44-40)32-14-9-28(10-15-32)35-5-3-21-42-26-35/h1-26H. The van der Waals surface area contributed by atoms with Crippen molar-refractivity contribution in [1.29, 1.82) is 0 Å². The highest BCUT2D eigenvalue weighted by Crippen LogP contribution is 2.33. The molecule has 0 N–H and O–H groups in total. The molecule has 0 unspecified atom stereocenters. The molecule has 0 atom stereocenters. The zero-order chi connectivity index (χ0) is 29.3. The third-order valence-corrected chi connectivity index (χ3v) is 8.10. The number of benzene rings is 5. The Kier molecular flexibility index (Phi) is 6.43. The number of pyridine rings is 2. The number of hydrogen-bond acceptors (Lipinski definition) is 4. The van der Waals surface area contributed by atoms with Gasteiger partial charge < -0.3 is 0 Å². The highest BCUT2D eigenvalue weighted by molar-refractivity contribution is 6.08. The normalized spacial score (nSPS) is 11.2. The largest absolute Gasteiger partial charge is 0.265 e. The fourth-order valence-electron chi connectivity index (χ4n) is 5.77. The summed E-state index contributed by atoms with van der Waals surface area (Å²) in [6.07, 6.45) is 7.31. The van der Waals surface area contributed by atoms with Gasteiger partial charge in [-0.1, -0.05) is 103 Å². The van der Waals surface area contributed by atoms with E-state index in [0.717, 1.165) is 50.3 Å². The summed E-state index contributed by atoms with van der Waals surface area (Å²) >= 11 is 0. The van der Waals surface area contributed by atoms with E-state index >= 15 is 0 Å². The van der Waals surface area contributed by atoms with E-state index in [4.69, 9.17) is 9.97 Å². The zero-order valence-electron chi connectivity index (χ0n) is 23.8. The first kappa shape index (κ1) is 25.7. The van der Waals surface area contributed by atoms with Gasteiger partial charge in [0.15, 0.2) is 5.82 Å². The molecular formula is C40H26N4. The predicted molar refractivity (Wildman–Crippen MR) is 180 cm³/mol. The van der Waals surface area contributed by atoms with Gasteiger partial charge in [0.1, 0.15) is 0 Å². The summed E-state index contributed by atoms with van der Waals surface area (Å²) in [6.45, 7) is 0. The van der Waals surface area contributed by atoms with Crippen LogP contribution in [-0.4, -0.2) is 19.9 Å². The quantitative estimate of drug-likeness (QED) is 0.196. The van der Waals surface area contributed by atoms with E-state index in [0.29, 0.717) is 5.82 Å². The van der Waals surface area contributed by atoms with Gasteiger partial charge >= 0.3 is 0 Å². The number of nitrogens with zero attached hydrogens (tertiary/aromatic N) is 4. The monoisotopic (exact) mass is 562 g/mol. The molecule has 8 aromatic rings. The molecule has 4 heteroatoms. The van der Waals surface area contributed by atoms with Crippen LogP contribution in [-0.2, 0) is 0 Å². The van der Waals surface area contributed by atoms with Crippen molar-refractivity contribution in [3.8, 4) is 56.2 Å². The molecule has 5 aromatic carbocycles. The lowest BCUT2D eigenvalue weighted by Gasteiger charge is -2.12. The lowest BCUT2D eigenvalue weighted by molar-refractivity contribution is 1.18. The maximum atomic E-state index is 5.11. The molecule has 8 rings (SSSR count). The van der Waals surface area contributed by atoms with Crippen LogP contribution in [0.1, 0.15) is 0 Å². The van der Waals surface area contributed by atoms with Crippen LogP contribution in [0.5, 0.6) is 0 Å². The Balaban J connectivity index is 1.24. The van der Waals surface area contributed by atoms with Gasteiger partial charge in [-0.15, -0.1) is 0 Å². The Hall–Kier alpha value is -6.00. The summed E-state index contributed by atoms with van der Waals surface area (Å²) in [4.78, 5) is 18.6. The fraction of sp³-hybridized carbons (Fsp3) is 0. The lowest BCUT2D eigenvalue weighted by Crippen LogP contribution is -1.96. The third kappa shape index (κ3) is 4.89. The van der Waals surface area contributed by atoms with Gasteiger partial charge in [0.2, 0.25) is 0 Å². The molecule has 206 valence electrons. The molecule has 0 radical (unpaired) electrons. The Labute approximate surface area is 255 Å². The number of fused-ring (bicyclic) bond motifs is 3. The van der Waals surface area contributed by atoms with Crippen molar-refractivity contribution < 1.29 is 0 Å². The van der Waals surface area contributed by atoms with E-state index in [1.54, 1.807) is 6.20 Å². The van der Waals surface area contributed by atoms with Crippen molar-refractivity contribution in [2.45, 2.75) is 0 Å². The zero-order valence-corrected chi connectivity index (χ0v) is 23.8. The van der Waals surface area contributed by atoms with Gasteiger partial charge in [0.05, 0.1) is 11.4 Å². The van der Waals surface area contributed by atoms with Crippen molar-refractivity contribution in [1.82, 2.24) is 19.9 Å². The van der Waals surface area contributed by atoms with E-state index in [1.165, 1.54) is 21.5 Å². The van der Waals surface area contributed by atoms with Gasteiger partial charge in [0.25, 0.3) is 0 Å². The van der Waals surface area contributed by atoms with Crippen LogP contribution in [0.15, 0.2) is 158 Å². The summed E-state index contributed by atoms with van der Waals surface area (Å²) in [5.74, 6) is 0.696. The van der Waals surface area contributed by atoms with Crippen molar-refractivity contribution in [3.63, 3.8) is 0 Å². The predicted octanol–water partition coefficient (Wildman–Crippen LogP) is 9.91. The van der Waals surface area contributed by atoms with Crippen LogP contribution in [0.3, 0.4) is 0 Å². The SMILES string of the molecule is c1cncc(-c2ccc(-c3cc(-c4ccc(-c5ccncc5)cc4)nc(-c4ccc5c(ccc6ccccc65)c4)n3)cc2)c1. The smallest absolute Gasteiger partial charge is 0.160 e. The fourth-order valence-corrected chi connectivity index (χ4v) is 5.77. The van der Waals surface area contributed by atoms with E-state index < -0.39 is 0 Å². The van der Waals surface area contributed by atoms with Crippen molar-refractivity contribution >= 4 is 21.5 Å². The minimum atomic E-state index is 0.696. The molecule has 0 saturated heterocycles. The second kappa shape index (κ2) is 11.0. The molecule has 0 fully saturated rings. The molecule has 0 spiro atoms. The molecule has 3 heterocycles. The average molecular weight is 563 g/mol.